The predicted molar refractivity (Wildman–Crippen MR) is 196 cm³/mol. The van der Waals surface area contributed by atoms with Gasteiger partial charge in [-0.1, -0.05) is 108 Å². The maximum absolute atomic E-state index is 5.46. The number of aryl methyl sites for hydroxylation is 1. The number of benzene rings is 6. The van der Waals surface area contributed by atoms with Crippen molar-refractivity contribution >= 4 is 54.6 Å². The molecule has 0 saturated carbocycles. The van der Waals surface area contributed by atoms with Crippen LogP contribution in [0.25, 0.3) is 88.7 Å². The Morgan fingerprint density at radius 1 is 0.592 bits per heavy atom. The van der Waals surface area contributed by atoms with Crippen molar-refractivity contribution in [2.75, 3.05) is 0 Å². The van der Waals surface area contributed by atoms with Crippen molar-refractivity contribution in [3.63, 3.8) is 0 Å². The average molecular weight is 809 g/mol. The second-order valence-corrected chi connectivity index (χ2v) is 12.2. The largest absolute Gasteiger partial charge is 2.00 e. The van der Waals surface area contributed by atoms with Crippen LogP contribution in [0.5, 0.6) is 0 Å². The van der Waals surface area contributed by atoms with Crippen molar-refractivity contribution in [2.45, 2.75) is 6.92 Å². The van der Waals surface area contributed by atoms with Gasteiger partial charge in [0.1, 0.15) is 11.6 Å². The van der Waals surface area contributed by atoms with Crippen molar-refractivity contribution in [3.05, 3.63) is 157 Å². The summed E-state index contributed by atoms with van der Waals surface area (Å²) in [4.78, 5) is 15.4. The van der Waals surface area contributed by atoms with Crippen molar-refractivity contribution in [1.82, 2.24) is 24.1 Å². The van der Waals surface area contributed by atoms with Crippen LogP contribution in [0.2, 0.25) is 0 Å². The molecular formula is C43H27N5Pt. The Kier molecular flexibility index (Phi) is 6.85. The topological polar surface area (TPSA) is 49.7 Å². The Labute approximate surface area is 296 Å². The molecule has 4 heterocycles. The van der Waals surface area contributed by atoms with Gasteiger partial charge in [-0.2, -0.15) is 0 Å². The fourth-order valence-electron chi connectivity index (χ4n) is 7.30. The van der Waals surface area contributed by atoms with Crippen molar-refractivity contribution in [2.24, 2.45) is 0 Å². The molecule has 49 heavy (non-hydrogen) atoms. The number of aromatic nitrogens is 5. The molecule has 0 aliphatic heterocycles. The van der Waals surface area contributed by atoms with Crippen LogP contribution >= 0.6 is 0 Å². The molecular weight excluding hydrogens is 782 g/mol. The molecule has 6 heteroatoms. The third kappa shape index (κ3) is 4.43. The number of fused-ring (bicyclic) bond motifs is 7. The summed E-state index contributed by atoms with van der Waals surface area (Å²) in [5.41, 5.74) is 11.1. The molecule has 0 aliphatic rings. The molecule has 10 rings (SSSR count). The molecule has 0 N–H and O–H groups in total. The second-order valence-electron chi connectivity index (χ2n) is 12.2. The standard InChI is InChI=1S/C43H27N5.Pt/c1-27-12-11-25-44-42(27)48-37-21-8-6-16-32(37)33-24-23-28(26-39(33)48)30-17-10-22-38-41(30)46-43(47(38)29-13-3-2-4-14-29)35-19-9-18-34-31-15-5-7-20-36(31)45-40(34)35;/h2-25H,1H3;/q-2;+2. The van der Waals surface area contributed by atoms with Gasteiger partial charge in [0, 0.05) is 23.0 Å². The summed E-state index contributed by atoms with van der Waals surface area (Å²) in [6.07, 6.45) is 1.86. The zero-order valence-corrected chi connectivity index (χ0v) is 28.7. The summed E-state index contributed by atoms with van der Waals surface area (Å²) in [7, 11) is 0. The number of imidazole rings is 1. The van der Waals surface area contributed by atoms with Gasteiger partial charge in [-0.15, -0.1) is 34.8 Å². The van der Waals surface area contributed by atoms with Gasteiger partial charge >= 0.3 is 21.1 Å². The molecule has 6 aromatic carbocycles. The fraction of sp³-hybridized carbons (Fsp3) is 0.0233. The van der Waals surface area contributed by atoms with Crippen LogP contribution in [-0.2, 0) is 21.1 Å². The van der Waals surface area contributed by atoms with Gasteiger partial charge in [-0.25, -0.2) is 9.97 Å². The SMILES string of the molecule is Cc1cccnc1-n1c2[c-]c(-c3cccc4c3nc(-c3cccc5c3[n-]c3ccccc35)n4-c3ccccc3)ccc2c2ccccc21.[Pt+2]. The predicted octanol–water partition coefficient (Wildman–Crippen LogP) is 10.2. The minimum atomic E-state index is 0. The van der Waals surface area contributed by atoms with Crippen LogP contribution < -0.4 is 4.98 Å². The van der Waals surface area contributed by atoms with Gasteiger partial charge in [0.2, 0.25) is 0 Å². The molecule has 0 bridgehead atoms. The van der Waals surface area contributed by atoms with E-state index in [1.165, 1.54) is 5.39 Å². The first-order valence-corrected chi connectivity index (χ1v) is 16.1. The van der Waals surface area contributed by atoms with E-state index < -0.39 is 0 Å². The fourth-order valence-corrected chi connectivity index (χ4v) is 7.30. The Morgan fingerprint density at radius 2 is 1.33 bits per heavy atom. The first-order valence-electron chi connectivity index (χ1n) is 16.1. The van der Waals surface area contributed by atoms with E-state index in [1.54, 1.807) is 0 Å². The normalized spacial score (nSPS) is 11.6. The molecule has 0 fully saturated rings. The van der Waals surface area contributed by atoms with E-state index in [2.05, 4.69) is 143 Å². The second kappa shape index (κ2) is 11.4. The molecule has 4 aromatic heterocycles. The number of hydrogen-bond donors (Lipinski definition) is 0. The molecule has 0 amide bonds. The van der Waals surface area contributed by atoms with Crippen molar-refractivity contribution in [3.8, 4) is 34.0 Å². The summed E-state index contributed by atoms with van der Waals surface area (Å²) >= 11 is 0. The Balaban J connectivity index is 0.00000325. The molecule has 0 aliphatic carbocycles. The number of para-hydroxylation sites is 5. The zero-order valence-electron chi connectivity index (χ0n) is 26.4. The van der Waals surface area contributed by atoms with Gasteiger partial charge < -0.3 is 9.55 Å². The minimum absolute atomic E-state index is 0. The van der Waals surface area contributed by atoms with E-state index >= 15 is 0 Å². The van der Waals surface area contributed by atoms with Crippen LogP contribution in [0.1, 0.15) is 5.56 Å². The first kappa shape index (κ1) is 29.4. The van der Waals surface area contributed by atoms with Gasteiger partial charge in [-0.05, 0) is 64.5 Å². The van der Waals surface area contributed by atoms with Crippen LogP contribution in [-0.4, -0.2) is 19.1 Å². The van der Waals surface area contributed by atoms with E-state index in [0.29, 0.717) is 0 Å². The third-order valence-corrected chi connectivity index (χ3v) is 9.47. The summed E-state index contributed by atoms with van der Waals surface area (Å²) in [5.74, 6) is 1.77. The summed E-state index contributed by atoms with van der Waals surface area (Å²) in [5, 5.41) is 4.60. The summed E-state index contributed by atoms with van der Waals surface area (Å²) in [6.45, 7) is 2.11. The van der Waals surface area contributed by atoms with Gasteiger partial charge in [0.25, 0.3) is 0 Å². The van der Waals surface area contributed by atoms with E-state index in [-0.39, 0.29) is 21.1 Å². The number of nitrogens with zero attached hydrogens (tertiary/aromatic N) is 5. The maximum atomic E-state index is 5.46. The molecule has 0 radical (unpaired) electrons. The van der Waals surface area contributed by atoms with E-state index in [0.717, 1.165) is 88.8 Å². The molecule has 0 spiro atoms. The zero-order chi connectivity index (χ0) is 31.8. The average Bonchev–Trinajstić information content (AvgIpc) is 3.82. The summed E-state index contributed by atoms with van der Waals surface area (Å²) < 4.78 is 4.50. The quantitative estimate of drug-likeness (QED) is 0.167. The number of pyridine rings is 1. The third-order valence-electron chi connectivity index (χ3n) is 9.47. The molecule has 0 saturated heterocycles. The van der Waals surface area contributed by atoms with E-state index in [1.807, 2.05) is 24.4 Å². The Hall–Kier alpha value is -5.77. The van der Waals surface area contributed by atoms with Crippen LogP contribution in [0, 0.1) is 13.0 Å². The molecule has 0 unspecified atom stereocenters. The van der Waals surface area contributed by atoms with Gasteiger partial charge in [0.15, 0.2) is 0 Å². The van der Waals surface area contributed by atoms with Gasteiger partial charge in [0.05, 0.1) is 11.0 Å². The molecule has 234 valence electrons. The van der Waals surface area contributed by atoms with E-state index in [4.69, 9.17) is 15.0 Å². The van der Waals surface area contributed by atoms with Crippen molar-refractivity contribution in [1.29, 1.82) is 0 Å². The summed E-state index contributed by atoms with van der Waals surface area (Å²) in [6, 6.07) is 52.5. The molecule has 10 aromatic rings. The number of rotatable bonds is 4. The van der Waals surface area contributed by atoms with Crippen molar-refractivity contribution < 1.29 is 21.1 Å². The molecule has 0 atom stereocenters. The van der Waals surface area contributed by atoms with E-state index in [9.17, 15) is 0 Å². The maximum Gasteiger partial charge on any atom is 2.00 e. The molecule has 5 nitrogen and oxygen atoms in total. The Bertz CT molecular complexity index is 2860. The van der Waals surface area contributed by atoms with Gasteiger partial charge in [-0.3, -0.25) is 4.57 Å². The Morgan fingerprint density at radius 3 is 2.20 bits per heavy atom. The smallest absolute Gasteiger partial charge is 0.656 e. The van der Waals surface area contributed by atoms with Crippen LogP contribution in [0.3, 0.4) is 0 Å². The number of hydrogen-bond acceptors (Lipinski definition) is 2. The monoisotopic (exact) mass is 808 g/mol. The minimum Gasteiger partial charge on any atom is -0.656 e. The first-order chi connectivity index (χ1) is 23.7. The van der Waals surface area contributed by atoms with Crippen LogP contribution in [0.4, 0.5) is 0 Å². The van der Waals surface area contributed by atoms with Crippen LogP contribution in [0.15, 0.2) is 146 Å².